The zero-order chi connectivity index (χ0) is 12.5. The van der Waals surface area contributed by atoms with E-state index in [-0.39, 0.29) is 6.61 Å². The fourth-order valence-corrected chi connectivity index (χ4v) is 1.62. The van der Waals surface area contributed by atoms with Crippen molar-refractivity contribution in [1.29, 1.82) is 0 Å². The van der Waals surface area contributed by atoms with Gasteiger partial charge in [-0.1, -0.05) is 12.1 Å². The molecule has 0 unspecified atom stereocenters. The lowest BCUT2D eigenvalue weighted by atomic mass is 10.1. The number of benzene rings is 1. The van der Waals surface area contributed by atoms with Crippen LogP contribution in [-0.2, 0) is 0 Å². The van der Waals surface area contributed by atoms with Crippen molar-refractivity contribution in [2.24, 2.45) is 0 Å². The minimum Gasteiger partial charge on any atom is -0.423 e. The maximum atomic E-state index is 11.4. The predicted octanol–water partition coefficient (Wildman–Crippen LogP) is 1.98. The van der Waals surface area contributed by atoms with E-state index in [2.05, 4.69) is 5.32 Å². The Hall–Kier alpha value is -1.81. The van der Waals surface area contributed by atoms with E-state index >= 15 is 0 Å². The van der Waals surface area contributed by atoms with Crippen molar-refractivity contribution in [3.8, 4) is 0 Å². The Bertz CT molecular complexity index is 586. The van der Waals surface area contributed by atoms with Gasteiger partial charge in [0.2, 0.25) is 0 Å². The Morgan fingerprint density at radius 1 is 1.35 bits per heavy atom. The first kappa shape index (κ1) is 11.7. The van der Waals surface area contributed by atoms with E-state index in [0.29, 0.717) is 11.3 Å². The Morgan fingerprint density at radius 3 is 2.76 bits per heavy atom. The van der Waals surface area contributed by atoms with Crippen molar-refractivity contribution in [2.45, 2.75) is 19.4 Å². The lowest BCUT2D eigenvalue weighted by Crippen LogP contribution is -2.35. The highest BCUT2D eigenvalue weighted by Crippen LogP contribution is 2.23. The van der Waals surface area contributed by atoms with Crippen molar-refractivity contribution in [3.05, 3.63) is 40.8 Å². The monoisotopic (exact) mass is 233 g/mol. The van der Waals surface area contributed by atoms with Crippen LogP contribution >= 0.6 is 0 Å². The minimum atomic E-state index is -0.490. The highest BCUT2D eigenvalue weighted by Gasteiger charge is 2.17. The molecule has 1 aromatic heterocycles. The summed E-state index contributed by atoms with van der Waals surface area (Å²) in [5.74, 6) is 0. The van der Waals surface area contributed by atoms with Gasteiger partial charge in [-0.3, -0.25) is 0 Å². The first-order chi connectivity index (χ1) is 8.02. The molecule has 0 aliphatic heterocycles. The van der Waals surface area contributed by atoms with Crippen LogP contribution in [0.5, 0.6) is 0 Å². The Balaban J connectivity index is 2.57. The molecule has 4 nitrogen and oxygen atoms in total. The second-order valence-corrected chi connectivity index (χ2v) is 4.64. The molecular formula is C13H15NO3. The summed E-state index contributed by atoms with van der Waals surface area (Å²) in [7, 11) is 0. The van der Waals surface area contributed by atoms with Gasteiger partial charge in [0.05, 0.1) is 17.8 Å². The van der Waals surface area contributed by atoms with E-state index in [9.17, 15) is 9.90 Å². The van der Waals surface area contributed by atoms with Gasteiger partial charge in [-0.25, -0.2) is 4.79 Å². The molecular weight excluding hydrogens is 218 g/mol. The van der Waals surface area contributed by atoms with Crippen molar-refractivity contribution < 1.29 is 9.52 Å². The maximum absolute atomic E-state index is 11.4. The molecule has 0 bridgehead atoms. The molecule has 2 aromatic rings. The molecule has 0 spiro atoms. The number of aliphatic hydroxyl groups excluding tert-OH is 1. The Kier molecular flexibility index (Phi) is 2.90. The number of rotatable bonds is 3. The van der Waals surface area contributed by atoms with Crippen molar-refractivity contribution in [3.63, 3.8) is 0 Å². The molecule has 0 radical (unpaired) electrons. The normalized spacial score (nSPS) is 11.7. The molecule has 1 heterocycles. The third-order valence-electron chi connectivity index (χ3n) is 2.52. The average Bonchev–Trinajstić information content (AvgIpc) is 2.28. The van der Waals surface area contributed by atoms with Crippen molar-refractivity contribution in [1.82, 2.24) is 0 Å². The predicted molar refractivity (Wildman–Crippen MR) is 67.3 cm³/mol. The van der Waals surface area contributed by atoms with E-state index in [1.165, 1.54) is 6.07 Å². The number of hydrogen-bond donors (Lipinski definition) is 2. The van der Waals surface area contributed by atoms with Gasteiger partial charge in [-0.15, -0.1) is 0 Å². The number of hydrogen-bond acceptors (Lipinski definition) is 4. The van der Waals surface area contributed by atoms with Gasteiger partial charge in [0, 0.05) is 11.5 Å². The maximum Gasteiger partial charge on any atom is 0.338 e. The molecule has 2 N–H and O–H groups in total. The summed E-state index contributed by atoms with van der Waals surface area (Å²) in [5, 5.41) is 13.2. The van der Waals surface area contributed by atoms with Gasteiger partial charge >= 0.3 is 5.63 Å². The van der Waals surface area contributed by atoms with Crippen LogP contribution in [0.2, 0.25) is 0 Å². The summed E-state index contributed by atoms with van der Waals surface area (Å²) in [5.41, 5.74) is 0.323. The third-order valence-corrected chi connectivity index (χ3v) is 2.52. The number of nitrogens with one attached hydrogen (secondary N) is 1. The summed E-state index contributed by atoms with van der Waals surface area (Å²) in [6, 6.07) is 8.70. The Morgan fingerprint density at radius 2 is 2.06 bits per heavy atom. The topological polar surface area (TPSA) is 62.5 Å². The lowest BCUT2D eigenvalue weighted by molar-refractivity contribution is 0.234. The van der Waals surface area contributed by atoms with Gasteiger partial charge < -0.3 is 14.8 Å². The molecule has 4 heteroatoms. The zero-order valence-electron chi connectivity index (χ0n) is 9.86. The van der Waals surface area contributed by atoms with Crippen LogP contribution in [0.15, 0.2) is 39.5 Å². The first-order valence-corrected chi connectivity index (χ1v) is 5.44. The minimum absolute atomic E-state index is 0.0262. The standard InChI is InChI=1S/C13H15NO3/c1-13(2,8-15)14-10-7-12(16)17-11-6-4-3-5-9(10)11/h3-7,14-15H,8H2,1-2H3. The molecule has 17 heavy (non-hydrogen) atoms. The molecule has 0 fully saturated rings. The van der Waals surface area contributed by atoms with Gasteiger partial charge in [0.15, 0.2) is 0 Å². The van der Waals surface area contributed by atoms with E-state index in [1.807, 2.05) is 32.0 Å². The number of aliphatic hydroxyl groups is 1. The first-order valence-electron chi connectivity index (χ1n) is 5.44. The highest BCUT2D eigenvalue weighted by atomic mass is 16.4. The van der Waals surface area contributed by atoms with Crippen LogP contribution in [0, 0.1) is 0 Å². The largest absolute Gasteiger partial charge is 0.423 e. The van der Waals surface area contributed by atoms with E-state index < -0.39 is 11.2 Å². The second kappa shape index (κ2) is 4.22. The van der Waals surface area contributed by atoms with Gasteiger partial charge in [0.25, 0.3) is 0 Å². The number of fused-ring (bicyclic) bond motifs is 1. The number of para-hydroxylation sites is 1. The van der Waals surface area contributed by atoms with Crippen molar-refractivity contribution in [2.75, 3.05) is 11.9 Å². The van der Waals surface area contributed by atoms with E-state index in [0.717, 1.165) is 5.39 Å². The molecule has 1 aromatic carbocycles. The van der Waals surface area contributed by atoms with Crippen LogP contribution in [-0.4, -0.2) is 17.3 Å². The van der Waals surface area contributed by atoms with E-state index in [1.54, 1.807) is 6.07 Å². The molecule has 90 valence electrons. The van der Waals surface area contributed by atoms with Gasteiger partial charge in [-0.05, 0) is 26.0 Å². The quantitative estimate of drug-likeness (QED) is 0.796. The van der Waals surface area contributed by atoms with Crippen molar-refractivity contribution >= 4 is 16.7 Å². The lowest BCUT2D eigenvalue weighted by Gasteiger charge is -2.25. The summed E-state index contributed by atoms with van der Waals surface area (Å²) in [6.07, 6.45) is 0. The summed E-state index contributed by atoms with van der Waals surface area (Å²) < 4.78 is 5.09. The molecule has 0 aliphatic rings. The fraction of sp³-hybridized carbons (Fsp3) is 0.308. The van der Waals surface area contributed by atoms with Gasteiger partial charge in [-0.2, -0.15) is 0 Å². The summed E-state index contributed by atoms with van der Waals surface area (Å²) >= 11 is 0. The van der Waals surface area contributed by atoms with E-state index in [4.69, 9.17) is 4.42 Å². The van der Waals surface area contributed by atoms with Crippen LogP contribution in [0.4, 0.5) is 5.69 Å². The highest BCUT2D eigenvalue weighted by molar-refractivity contribution is 5.89. The molecule has 0 saturated carbocycles. The second-order valence-electron chi connectivity index (χ2n) is 4.64. The van der Waals surface area contributed by atoms with Crippen LogP contribution < -0.4 is 10.9 Å². The smallest absolute Gasteiger partial charge is 0.338 e. The van der Waals surface area contributed by atoms with Gasteiger partial charge in [0.1, 0.15) is 5.58 Å². The average molecular weight is 233 g/mol. The molecule has 0 saturated heterocycles. The summed E-state index contributed by atoms with van der Waals surface area (Å²) in [6.45, 7) is 3.69. The third kappa shape index (κ3) is 2.47. The molecule has 0 aliphatic carbocycles. The van der Waals surface area contributed by atoms with Crippen LogP contribution in [0.25, 0.3) is 11.0 Å². The molecule has 0 amide bonds. The zero-order valence-corrected chi connectivity index (χ0v) is 9.86. The molecule has 2 rings (SSSR count). The fourth-order valence-electron chi connectivity index (χ4n) is 1.62. The Labute approximate surface area is 98.9 Å². The number of anilines is 1. The summed E-state index contributed by atoms with van der Waals surface area (Å²) in [4.78, 5) is 11.4. The van der Waals surface area contributed by atoms with Crippen LogP contribution in [0.1, 0.15) is 13.8 Å². The van der Waals surface area contributed by atoms with Crippen LogP contribution in [0.3, 0.4) is 0 Å². The SMILES string of the molecule is CC(C)(CO)Nc1cc(=O)oc2ccccc12. The molecule has 0 atom stereocenters.